The highest BCUT2D eigenvalue weighted by atomic mass is 79.9. The normalized spacial score (nSPS) is 11.4. The first-order valence-electron chi connectivity index (χ1n) is 2.76. The molecule has 0 aliphatic rings. The molecule has 5 nitrogen and oxygen atoms in total. The van der Waals surface area contributed by atoms with Gasteiger partial charge in [0.05, 0.1) is 27.1 Å². The summed E-state index contributed by atoms with van der Waals surface area (Å²) in [6, 6.07) is 0. The van der Waals surface area contributed by atoms with E-state index in [-0.39, 0.29) is 18.8 Å². The predicted molar refractivity (Wildman–Crippen MR) is 43.2 cm³/mol. The molecule has 2 N–H and O–H groups in total. The third kappa shape index (κ3) is 9.86. The van der Waals surface area contributed by atoms with E-state index in [0.29, 0.717) is 0 Å². The second-order valence-electron chi connectivity index (χ2n) is 1.81. The monoisotopic (exact) mass is 245 g/mol. The number of rotatable bonds is 5. The minimum atomic E-state index is -3.16. The van der Waals surface area contributed by atoms with Gasteiger partial charge in [0.25, 0.3) is 0 Å². The van der Waals surface area contributed by atoms with Crippen LogP contribution in [0.1, 0.15) is 0 Å². The van der Waals surface area contributed by atoms with Crippen molar-refractivity contribution in [2.75, 3.05) is 18.8 Å². The summed E-state index contributed by atoms with van der Waals surface area (Å²) in [5.74, 6) is -1.11. The molecule has 0 bridgehead atoms. The molecule has 0 atom stereocenters. The largest absolute Gasteiger partial charge is 0.480 e. The molecule has 0 aliphatic carbocycles. The Morgan fingerprint density at radius 1 is 1.55 bits per heavy atom. The number of carbonyl (C=O) groups is 1. The van der Waals surface area contributed by atoms with Gasteiger partial charge >= 0.3 is 5.97 Å². The summed E-state index contributed by atoms with van der Waals surface area (Å²) >= 11 is 2.43. The smallest absolute Gasteiger partial charge is 0.317 e. The Morgan fingerprint density at radius 3 is 2.45 bits per heavy atom. The minimum Gasteiger partial charge on any atom is -0.480 e. The Kier molecular flexibility index (Phi) is 4.62. The van der Waals surface area contributed by atoms with Crippen LogP contribution in [-0.4, -0.2) is 38.3 Å². The zero-order valence-electron chi connectivity index (χ0n) is 5.58. The molecule has 0 saturated carbocycles. The topological polar surface area (TPSA) is 83.5 Å². The Labute approximate surface area is 71.9 Å². The molecule has 0 rings (SSSR count). The fourth-order valence-corrected chi connectivity index (χ4v) is 1.26. The molecule has 0 aliphatic heterocycles. The number of hydrogen-bond acceptors (Lipinski definition) is 4. The fourth-order valence-electron chi connectivity index (χ4n) is 0.389. The molecule has 0 amide bonds. The van der Waals surface area contributed by atoms with Crippen molar-refractivity contribution in [3.63, 3.8) is 0 Å². The highest BCUT2D eigenvalue weighted by Crippen LogP contribution is 1.97. The molecular weight excluding hydrogens is 238 g/mol. The maximum Gasteiger partial charge on any atom is 0.317 e. The van der Waals surface area contributed by atoms with Crippen molar-refractivity contribution >= 4 is 29.1 Å². The van der Waals surface area contributed by atoms with E-state index in [2.05, 4.69) is 20.1 Å². The lowest BCUT2D eigenvalue weighted by molar-refractivity contribution is -0.135. The Hall–Kier alpha value is -0.140. The lowest BCUT2D eigenvalue weighted by Crippen LogP contribution is -2.26. The van der Waals surface area contributed by atoms with Gasteiger partial charge in [0, 0.05) is 6.54 Å². The molecule has 0 unspecified atom stereocenters. The number of carboxylic acid groups (broad SMARTS) is 1. The van der Waals surface area contributed by atoms with E-state index >= 15 is 0 Å². The van der Waals surface area contributed by atoms with Gasteiger partial charge in [-0.2, -0.15) is 0 Å². The summed E-state index contributed by atoms with van der Waals surface area (Å²) < 4.78 is 20.8. The number of nitrogens with one attached hydrogen (secondary N) is 1. The van der Waals surface area contributed by atoms with Crippen molar-refractivity contribution in [3.05, 3.63) is 0 Å². The fraction of sp³-hybridized carbons (Fsp3) is 0.750. The quantitative estimate of drug-likeness (QED) is 0.499. The highest BCUT2D eigenvalue weighted by molar-refractivity contribution is 9.47. The summed E-state index contributed by atoms with van der Waals surface area (Å²) in [5.41, 5.74) is 0. The third-order valence-electron chi connectivity index (χ3n) is 0.799. The van der Waals surface area contributed by atoms with Crippen LogP contribution in [0.25, 0.3) is 0 Å². The first kappa shape index (κ1) is 10.9. The summed E-state index contributed by atoms with van der Waals surface area (Å²) in [5, 5.41) is 10.6. The average molecular weight is 246 g/mol. The molecule has 0 aromatic heterocycles. The van der Waals surface area contributed by atoms with Gasteiger partial charge in [-0.1, -0.05) is 0 Å². The molecule has 0 aromatic rings. The van der Waals surface area contributed by atoms with E-state index in [0.717, 1.165) is 0 Å². The second-order valence-corrected chi connectivity index (χ2v) is 6.26. The van der Waals surface area contributed by atoms with Crippen LogP contribution in [0.4, 0.5) is 0 Å². The van der Waals surface area contributed by atoms with Crippen molar-refractivity contribution in [2.45, 2.75) is 0 Å². The predicted octanol–water partition coefficient (Wildman–Crippen LogP) is -0.615. The van der Waals surface area contributed by atoms with Crippen LogP contribution in [0.5, 0.6) is 0 Å². The molecule has 66 valence electrons. The van der Waals surface area contributed by atoms with Gasteiger partial charge in [-0.15, -0.1) is 0 Å². The Balaban J connectivity index is 3.37. The number of hydrogen-bond donors (Lipinski definition) is 2. The van der Waals surface area contributed by atoms with Crippen LogP contribution in [0.15, 0.2) is 0 Å². The average Bonchev–Trinajstić information content (AvgIpc) is 1.78. The van der Waals surface area contributed by atoms with Crippen LogP contribution >= 0.6 is 14.8 Å². The van der Waals surface area contributed by atoms with E-state index in [1.54, 1.807) is 0 Å². The first-order chi connectivity index (χ1) is 4.92. The van der Waals surface area contributed by atoms with Gasteiger partial charge in [0.15, 0.2) is 0 Å². The van der Waals surface area contributed by atoms with Gasteiger partial charge in [0.2, 0.25) is 8.27 Å². The minimum absolute atomic E-state index is 0.111. The van der Waals surface area contributed by atoms with E-state index in [9.17, 15) is 13.2 Å². The van der Waals surface area contributed by atoms with Crippen molar-refractivity contribution in [2.24, 2.45) is 0 Å². The van der Waals surface area contributed by atoms with Gasteiger partial charge in [-0.3, -0.25) is 4.79 Å². The standard InChI is InChI=1S/C4H8BrNO4S/c5-11(9,10)2-1-6-3-4(7)8/h6H,1-3H2,(H,7,8). The zero-order valence-corrected chi connectivity index (χ0v) is 7.98. The van der Waals surface area contributed by atoms with Gasteiger partial charge in [-0.05, 0) is 0 Å². The number of carboxylic acids is 1. The van der Waals surface area contributed by atoms with E-state index in [1.165, 1.54) is 0 Å². The van der Waals surface area contributed by atoms with E-state index in [1.807, 2.05) is 0 Å². The van der Waals surface area contributed by atoms with Crippen LogP contribution in [0.3, 0.4) is 0 Å². The Bertz CT molecular complexity index is 224. The molecule has 0 aromatic carbocycles. The second kappa shape index (κ2) is 4.68. The molecule has 11 heavy (non-hydrogen) atoms. The highest BCUT2D eigenvalue weighted by Gasteiger charge is 2.03. The summed E-state index contributed by atoms with van der Waals surface area (Å²) in [6.45, 7) is -0.0809. The lowest BCUT2D eigenvalue weighted by atomic mass is 10.6. The summed E-state index contributed by atoms with van der Waals surface area (Å²) in [6.07, 6.45) is 0. The molecule has 0 radical (unpaired) electrons. The van der Waals surface area contributed by atoms with Crippen molar-refractivity contribution in [3.8, 4) is 0 Å². The summed E-state index contributed by atoms with van der Waals surface area (Å²) in [4.78, 5) is 9.90. The molecule has 0 saturated heterocycles. The van der Waals surface area contributed by atoms with Gasteiger partial charge in [0.1, 0.15) is 0 Å². The SMILES string of the molecule is O=C(O)CNCCS(=O)(=O)Br. The first-order valence-corrected chi connectivity index (χ1v) is 6.26. The van der Waals surface area contributed by atoms with Crippen LogP contribution < -0.4 is 5.32 Å². The Morgan fingerprint density at radius 2 is 2.09 bits per heavy atom. The van der Waals surface area contributed by atoms with Crippen LogP contribution in [0, 0.1) is 0 Å². The zero-order chi connectivity index (χ0) is 8.91. The summed E-state index contributed by atoms with van der Waals surface area (Å²) in [7, 11) is -3.16. The van der Waals surface area contributed by atoms with Crippen molar-refractivity contribution < 1.29 is 18.3 Å². The van der Waals surface area contributed by atoms with E-state index in [4.69, 9.17) is 5.11 Å². The molecule has 0 spiro atoms. The van der Waals surface area contributed by atoms with Crippen molar-refractivity contribution in [1.29, 1.82) is 0 Å². The van der Waals surface area contributed by atoms with Gasteiger partial charge < -0.3 is 10.4 Å². The molecule has 0 heterocycles. The maximum atomic E-state index is 10.4. The lowest BCUT2D eigenvalue weighted by Gasteiger charge is -1.97. The maximum absolute atomic E-state index is 10.4. The van der Waals surface area contributed by atoms with Crippen LogP contribution in [-0.2, 0) is 13.1 Å². The third-order valence-corrected chi connectivity index (χ3v) is 2.46. The van der Waals surface area contributed by atoms with E-state index < -0.39 is 14.2 Å². The molecule has 0 fully saturated rings. The van der Waals surface area contributed by atoms with Crippen molar-refractivity contribution in [1.82, 2.24) is 5.32 Å². The number of aliphatic carboxylic acids is 1. The molecule has 7 heteroatoms. The number of halogens is 1. The molecular formula is C4H8BrNO4S. The van der Waals surface area contributed by atoms with Gasteiger partial charge in [-0.25, -0.2) is 8.42 Å². The van der Waals surface area contributed by atoms with Crippen LogP contribution in [0.2, 0.25) is 0 Å².